The summed E-state index contributed by atoms with van der Waals surface area (Å²) in [7, 11) is -4.35. The number of amides is 2. The lowest BCUT2D eigenvalue weighted by Crippen LogP contribution is -2.52. The minimum absolute atomic E-state index is 0.0523. The van der Waals surface area contributed by atoms with E-state index in [2.05, 4.69) is 5.32 Å². The SMILES string of the molecule is CC[C@H](C)NC(=O)[C@@H](C)N(Cc1ccccc1Cl)C(=O)CN(c1ccccc1F)S(=O)(=O)c1ccc(C)cc1. The molecule has 2 amide bonds. The first-order valence-corrected chi connectivity index (χ1v) is 14.4. The molecule has 0 heterocycles. The summed E-state index contributed by atoms with van der Waals surface area (Å²) >= 11 is 6.36. The zero-order valence-electron chi connectivity index (χ0n) is 22.4. The Labute approximate surface area is 234 Å². The largest absolute Gasteiger partial charge is 0.352 e. The molecule has 0 aliphatic heterocycles. The van der Waals surface area contributed by atoms with Crippen molar-refractivity contribution in [1.29, 1.82) is 0 Å². The maximum absolute atomic E-state index is 15.0. The lowest BCUT2D eigenvalue weighted by atomic mass is 10.1. The Balaban J connectivity index is 2.05. The lowest BCUT2D eigenvalue weighted by molar-refractivity contribution is -0.139. The van der Waals surface area contributed by atoms with Crippen molar-refractivity contribution in [3.63, 3.8) is 0 Å². The van der Waals surface area contributed by atoms with Crippen LogP contribution in [0.1, 0.15) is 38.3 Å². The number of hydrogen-bond donors (Lipinski definition) is 1. The molecular weight excluding hydrogens is 541 g/mol. The molecule has 3 aromatic carbocycles. The second-order valence-corrected chi connectivity index (χ2v) is 11.7. The van der Waals surface area contributed by atoms with Crippen LogP contribution in [0.2, 0.25) is 5.02 Å². The molecule has 3 aromatic rings. The number of rotatable bonds is 11. The Morgan fingerprint density at radius 2 is 1.59 bits per heavy atom. The molecule has 0 saturated heterocycles. The van der Waals surface area contributed by atoms with Crippen molar-refractivity contribution in [3.05, 3.63) is 94.8 Å². The van der Waals surface area contributed by atoms with Crippen LogP contribution in [-0.2, 0) is 26.2 Å². The number of nitrogens with zero attached hydrogens (tertiary/aromatic N) is 2. The van der Waals surface area contributed by atoms with E-state index in [1.807, 2.05) is 20.8 Å². The third-order valence-electron chi connectivity index (χ3n) is 6.48. The molecule has 3 rings (SSSR count). The second-order valence-electron chi connectivity index (χ2n) is 9.38. The quantitative estimate of drug-likeness (QED) is 0.337. The van der Waals surface area contributed by atoms with Gasteiger partial charge in [-0.05, 0) is 63.1 Å². The van der Waals surface area contributed by atoms with Crippen LogP contribution in [0.5, 0.6) is 0 Å². The van der Waals surface area contributed by atoms with Crippen LogP contribution >= 0.6 is 11.6 Å². The average Bonchev–Trinajstić information content (AvgIpc) is 2.91. The fourth-order valence-corrected chi connectivity index (χ4v) is 5.48. The predicted molar refractivity (Wildman–Crippen MR) is 151 cm³/mol. The molecule has 0 aliphatic carbocycles. The van der Waals surface area contributed by atoms with Crippen LogP contribution in [0, 0.1) is 12.7 Å². The van der Waals surface area contributed by atoms with Crippen LogP contribution in [0.3, 0.4) is 0 Å². The van der Waals surface area contributed by atoms with Gasteiger partial charge in [0.2, 0.25) is 11.8 Å². The number of carbonyl (C=O) groups excluding carboxylic acids is 2. The van der Waals surface area contributed by atoms with Crippen LogP contribution in [0.15, 0.2) is 77.7 Å². The van der Waals surface area contributed by atoms with Crippen LogP contribution in [0.4, 0.5) is 10.1 Å². The Morgan fingerprint density at radius 1 is 0.974 bits per heavy atom. The standard InChI is InChI=1S/C29H33ClFN3O4S/c1-5-21(3)32-29(36)22(4)33(18-23-10-6-7-11-25(23)30)28(35)19-34(27-13-9-8-12-26(27)31)39(37,38)24-16-14-20(2)15-17-24/h6-17,21-22H,5,18-19H2,1-4H3,(H,32,36)/t21-,22+/m0/s1. The van der Waals surface area contributed by atoms with Crippen molar-refractivity contribution >= 4 is 39.1 Å². The zero-order valence-corrected chi connectivity index (χ0v) is 24.0. The van der Waals surface area contributed by atoms with E-state index < -0.39 is 40.2 Å². The molecule has 39 heavy (non-hydrogen) atoms. The molecule has 10 heteroatoms. The maximum Gasteiger partial charge on any atom is 0.264 e. The van der Waals surface area contributed by atoms with Gasteiger partial charge in [-0.2, -0.15) is 0 Å². The highest BCUT2D eigenvalue weighted by Gasteiger charge is 2.34. The molecule has 7 nitrogen and oxygen atoms in total. The monoisotopic (exact) mass is 573 g/mol. The molecule has 0 fully saturated rings. The number of sulfonamides is 1. The van der Waals surface area contributed by atoms with Gasteiger partial charge in [0, 0.05) is 17.6 Å². The third kappa shape index (κ3) is 7.36. The molecule has 0 aromatic heterocycles. The van der Waals surface area contributed by atoms with Gasteiger partial charge in [-0.25, -0.2) is 12.8 Å². The molecule has 2 atom stereocenters. The fourth-order valence-electron chi connectivity index (χ4n) is 3.86. The number of carbonyl (C=O) groups is 2. The summed E-state index contributed by atoms with van der Waals surface area (Å²) in [6, 6.07) is 17.2. The van der Waals surface area contributed by atoms with E-state index in [-0.39, 0.29) is 23.2 Å². The lowest BCUT2D eigenvalue weighted by Gasteiger charge is -2.32. The summed E-state index contributed by atoms with van der Waals surface area (Å²) < 4.78 is 43.2. The summed E-state index contributed by atoms with van der Waals surface area (Å²) in [6.45, 7) is 6.36. The summed E-state index contributed by atoms with van der Waals surface area (Å²) in [5.41, 5.74) is 1.14. The number of benzene rings is 3. The Kier molecular flexibility index (Phi) is 10.1. The number of halogens is 2. The maximum atomic E-state index is 15.0. The normalized spacial score (nSPS) is 12.9. The van der Waals surface area contributed by atoms with Gasteiger partial charge in [0.15, 0.2) is 0 Å². The van der Waals surface area contributed by atoms with E-state index >= 15 is 0 Å². The highest BCUT2D eigenvalue weighted by molar-refractivity contribution is 7.92. The Hall–Kier alpha value is -3.43. The average molecular weight is 574 g/mol. The van der Waals surface area contributed by atoms with E-state index in [0.29, 0.717) is 17.0 Å². The highest BCUT2D eigenvalue weighted by Crippen LogP contribution is 2.27. The van der Waals surface area contributed by atoms with Gasteiger partial charge in [-0.1, -0.05) is 66.6 Å². The third-order valence-corrected chi connectivity index (χ3v) is 8.62. The number of para-hydroxylation sites is 1. The first kappa shape index (κ1) is 30.1. The number of anilines is 1. The zero-order chi connectivity index (χ0) is 28.7. The summed E-state index contributed by atoms with van der Waals surface area (Å²) in [4.78, 5) is 28.1. The number of aryl methyl sites for hydroxylation is 1. The molecule has 208 valence electrons. The van der Waals surface area contributed by atoms with Crippen molar-refractivity contribution in [2.45, 2.75) is 57.6 Å². The Morgan fingerprint density at radius 3 is 2.21 bits per heavy atom. The van der Waals surface area contributed by atoms with E-state index in [0.717, 1.165) is 15.9 Å². The van der Waals surface area contributed by atoms with Crippen molar-refractivity contribution in [2.75, 3.05) is 10.8 Å². The summed E-state index contributed by atoms with van der Waals surface area (Å²) in [5, 5.41) is 3.25. The first-order chi connectivity index (χ1) is 18.4. The van der Waals surface area contributed by atoms with E-state index in [4.69, 9.17) is 11.6 Å². The Bertz CT molecular complexity index is 1420. The van der Waals surface area contributed by atoms with Crippen LogP contribution in [0.25, 0.3) is 0 Å². The van der Waals surface area contributed by atoms with Crippen molar-refractivity contribution in [3.8, 4) is 0 Å². The number of nitrogens with one attached hydrogen (secondary N) is 1. The van der Waals surface area contributed by atoms with Gasteiger partial charge in [-0.3, -0.25) is 13.9 Å². The van der Waals surface area contributed by atoms with Crippen LogP contribution in [-0.4, -0.2) is 43.8 Å². The molecule has 0 spiro atoms. The van der Waals surface area contributed by atoms with Gasteiger partial charge >= 0.3 is 0 Å². The molecule has 1 N–H and O–H groups in total. The second kappa shape index (κ2) is 13.1. The minimum Gasteiger partial charge on any atom is -0.352 e. The fraction of sp³-hybridized carbons (Fsp3) is 0.310. The predicted octanol–water partition coefficient (Wildman–Crippen LogP) is 5.31. The van der Waals surface area contributed by atoms with Crippen molar-refractivity contribution < 1.29 is 22.4 Å². The summed E-state index contributed by atoms with van der Waals surface area (Å²) in [5.74, 6) is -1.90. The number of hydrogen-bond acceptors (Lipinski definition) is 4. The van der Waals surface area contributed by atoms with Crippen molar-refractivity contribution in [2.24, 2.45) is 0 Å². The smallest absolute Gasteiger partial charge is 0.264 e. The van der Waals surface area contributed by atoms with E-state index in [9.17, 15) is 22.4 Å². The van der Waals surface area contributed by atoms with Gasteiger partial charge < -0.3 is 10.2 Å². The van der Waals surface area contributed by atoms with Gasteiger partial charge in [0.1, 0.15) is 18.4 Å². The van der Waals surface area contributed by atoms with Crippen LogP contribution < -0.4 is 9.62 Å². The van der Waals surface area contributed by atoms with Gasteiger partial charge in [0.25, 0.3) is 10.0 Å². The minimum atomic E-state index is -4.35. The molecular formula is C29H33ClFN3O4S. The van der Waals surface area contributed by atoms with Gasteiger partial charge in [0.05, 0.1) is 10.6 Å². The molecule has 0 radical (unpaired) electrons. The molecule has 0 bridgehead atoms. The topological polar surface area (TPSA) is 86.8 Å². The van der Waals surface area contributed by atoms with Crippen molar-refractivity contribution in [1.82, 2.24) is 10.2 Å². The summed E-state index contributed by atoms with van der Waals surface area (Å²) in [6.07, 6.45) is 0.687. The van der Waals surface area contributed by atoms with E-state index in [1.165, 1.54) is 35.2 Å². The molecule has 0 unspecified atom stereocenters. The molecule has 0 saturated carbocycles. The van der Waals surface area contributed by atoms with Gasteiger partial charge in [-0.15, -0.1) is 0 Å². The first-order valence-electron chi connectivity index (χ1n) is 12.6. The molecule has 0 aliphatic rings. The highest BCUT2D eigenvalue weighted by atomic mass is 35.5. The van der Waals surface area contributed by atoms with E-state index in [1.54, 1.807) is 43.3 Å².